The minimum atomic E-state index is -0.115. The van der Waals surface area contributed by atoms with Gasteiger partial charge in [0.1, 0.15) is 17.0 Å². The molecule has 6 heteroatoms. The van der Waals surface area contributed by atoms with Crippen molar-refractivity contribution in [2.45, 2.75) is 13.8 Å². The van der Waals surface area contributed by atoms with Gasteiger partial charge in [0.15, 0.2) is 0 Å². The molecule has 0 aliphatic carbocycles. The van der Waals surface area contributed by atoms with Gasteiger partial charge in [-0.3, -0.25) is 4.79 Å². The fourth-order valence-electron chi connectivity index (χ4n) is 2.97. The Balaban J connectivity index is 2.18. The molecule has 3 aromatic rings. The number of benzene rings is 1. The Hall–Kier alpha value is -3.18. The molecular weight excluding hydrogens is 374 g/mol. The number of aryl methyl sites for hydroxylation is 2. The third kappa shape index (κ3) is 3.62. The monoisotopic (exact) mass is 395 g/mol. The Morgan fingerprint density at radius 3 is 2.79 bits per heavy atom. The van der Waals surface area contributed by atoms with Crippen molar-refractivity contribution in [1.29, 1.82) is 0 Å². The van der Waals surface area contributed by atoms with E-state index in [1.807, 2.05) is 32.0 Å². The molecule has 2 aromatic heterocycles. The maximum Gasteiger partial charge on any atom is 0.274 e. The number of pyridine rings is 1. The zero-order chi connectivity index (χ0) is 20.4. The Morgan fingerprint density at radius 2 is 2.11 bits per heavy atom. The van der Waals surface area contributed by atoms with E-state index in [1.165, 1.54) is 4.57 Å². The smallest absolute Gasteiger partial charge is 0.274 e. The van der Waals surface area contributed by atoms with Crippen molar-refractivity contribution in [3.05, 3.63) is 93.3 Å². The van der Waals surface area contributed by atoms with Gasteiger partial charge < -0.3 is 20.0 Å². The second kappa shape index (κ2) is 7.82. The lowest BCUT2D eigenvalue weighted by molar-refractivity contribution is 0.448. The first-order valence-electron chi connectivity index (χ1n) is 8.76. The van der Waals surface area contributed by atoms with E-state index < -0.39 is 0 Å². The zero-order valence-electron chi connectivity index (χ0n) is 16.0. The fraction of sp³-hybridized carbons (Fsp3) is 0.136. The SMILES string of the molecule is C=C(Oc1c(C)cccc1Cl)/C(=C\C(N)=C/C)c1cn(C)c(=O)c2[nH]ccc12. The van der Waals surface area contributed by atoms with E-state index in [0.29, 0.717) is 33.3 Å². The molecule has 0 radical (unpaired) electrons. The minimum absolute atomic E-state index is 0.115. The Labute approximate surface area is 168 Å². The second-order valence-electron chi connectivity index (χ2n) is 6.48. The van der Waals surface area contributed by atoms with E-state index in [1.54, 1.807) is 37.7 Å². The summed E-state index contributed by atoms with van der Waals surface area (Å²) in [5.41, 5.74) is 9.34. The predicted octanol–water partition coefficient (Wildman–Crippen LogP) is 4.67. The number of allylic oxidation sites excluding steroid dienone is 3. The van der Waals surface area contributed by atoms with Crippen LogP contribution in [0.3, 0.4) is 0 Å². The number of para-hydroxylation sites is 1. The number of H-pyrrole nitrogens is 1. The number of aromatic amines is 1. The molecule has 0 fully saturated rings. The maximum atomic E-state index is 12.4. The average Bonchev–Trinajstić information content (AvgIpc) is 3.15. The number of nitrogens with one attached hydrogen (secondary N) is 1. The summed E-state index contributed by atoms with van der Waals surface area (Å²) in [4.78, 5) is 15.4. The number of nitrogens with zero attached hydrogens (tertiary/aromatic N) is 1. The van der Waals surface area contributed by atoms with Crippen molar-refractivity contribution in [2.24, 2.45) is 12.8 Å². The average molecular weight is 396 g/mol. The third-order valence-corrected chi connectivity index (χ3v) is 4.82. The predicted molar refractivity (Wildman–Crippen MR) is 115 cm³/mol. The van der Waals surface area contributed by atoms with Crippen LogP contribution in [0, 0.1) is 6.92 Å². The van der Waals surface area contributed by atoms with Crippen molar-refractivity contribution in [3.8, 4) is 5.75 Å². The molecule has 1 aromatic carbocycles. The van der Waals surface area contributed by atoms with Crippen LogP contribution in [-0.2, 0) is 7.05 Å². The molecule has 2 heterocycles. The zero-order valence-corrected chi connectivity index (χ0v) is 16.8. The molecule has 0 unspecified atom stereocenters. The van der Waals surface area contributed by atoms with Gasteiger partial charge in [0, 0.05) is 41.7 Å². The van der Waals surface area contributed by atoms with Crippen LogP contribution in [0.1, 0.15) is 18.1 Å². The van der Waals surface area contributed by atoms with Crippen molar-refractivity contribution in [1.82, 2.24) is 9.55 Å². The van der Waals surface area contributed by atoms with Crippen molar-refractivity contribution < 1.29 is 4.74 Å². The van der Waals surface area contributed by atoms with E-state index in [4.69, 9.17) is 22.1 Å². The molecule has 0 bridgehead atoms. The largest absolute Gasteiger partial charge is 0.455 e. The van der Waals surface area contributed by atoms with Gasteiger partial charge in [-0.1, -0.05) is 36.4 Å². The van der Waals surface area contributed by atoms with Gasteiger partial charge in [-0.05, 0) is 37.6 Å². The van der Waals surface area contributed by atoms with Crippen LogP contribution in [0.15, 0.2) is 71.6 Å². The molecule has 0 aliphatic heterocycles. The van der Waals surface area contributed by atoms with Crippen LogP contribution in [0.4, 0.5) is 0 Å². The molecule has 3 rings (SSSR count). The highest BCUT2D eigenvalue weighted by Gasteiger charge is 2.17. The van der Waals surface area contributed by atoms with E-state index in [2.05, 4.69) is 11.6 Å². The summed E-state index contributed by atoms with van der Waals surface area (Å²) in [7, 11) is 1.70. The van der Waals surface area contributed by atoms with Gasteiger partial charge in [0.2, 0.25) is 0 Å². The van der Waals surface area contributed by atoms with Gasteiger partial charge in [-0.25, -0.2) is 0 Å². The molecule has 5 nitrogen and oxygen atoms in total. The van der Waals surface area contributed by atoms with Crippen LogP contribution >= 0.6 is 11.6 Å². The summed E-state index contributed by atoms with van der Waals surface area (Å²) in [6.07, 6.45) is 7.04. The van der Waals surface area contributed by atoms with Crippen LogP contribution in [-0.4, -0.2) is 9.55 Å². The lowest BCUT2D eigenvalue weighted by atomic mass is 10.0. The lowest BCUT2D eigenvalue weighted by Gasteiger charge is -2.17. The lowest BCUT2D eigenvalue weighted by Crippen LogP contribution is -2.17. The van der Waals surface area contributed by atoms with Gasteiger partial charge in [-0.15, -0.1) is 0 Å². The Morgan fingerprint density at radius 1 is 1.36 bits per heavy atom. The molecule has 0 atom stereocenters. The van der Waals surface area contributed by atoms with Gasteiger partial charge in [0.05, 0.1) is 5.02 Å². The number of fused-ring (bicyclic) bond motifs is 1. The first-order chi connectivity index (χ1) is 13.3. The van der Waals surface area contributed by atoms with Crippen LogP contribution in [0.5, 0.6) is 5.75 Å². The fourth-order valence-corrected chi connectivity index (χ4v) is 3.23. The first-order valence-corrected chi connectivity index (χ1v) is 9.14. The van der Waals surface area contributed by atoms with Gasteiger partial charge in [0.25, 0.3) is 5.56 Å². The van der Waals surface area contributed by atoms with Crippen molar-refractivity contribution in [2.75, 3.05) is 0 Å². The van der Waals surface area contributed by atoms with E-state index in [-0.39, 0.29) is 5.56 Å². The standard InChI is InChI=1S/C22H22ClN3O2/c1-5-15(24)11-17(14(3)28-21-13(2)7-6-8-19(21)23)18-12-26(4)22(27)20-16(18)9-10-25-20/h5-12,25H,3,24H2,1-2,4H3/b15-5+,17-11+. The number of halogens is 1. The Kier molecular flexibility index (Phi) is 5.47. The quantitative estimate of drug-likeness (QED) is 0.487. The molecule has 0 amide bonds. The minimum Gasteiger partial charge on any atom is -0.455 e. The number of aromatic nitrogens is 2. The molecule has 28 heavy (non-hydrogen) atoms. The number of hydrogen-bond donors (Lipinski definition) is 2. The van der Waals surface area contributed by atoms with E-state index >= 15 is 0 Å². The number of hydrogen-bond acceptors (Lipinski definition) is 3. The highest BCUT2D eigenvalue weighted by molar-refractivity contribution is 6.32. The summed E-state index contributed by atoms with van der Waals surface area (Å²) in [5, 5.41) is 1.26. The molecule has 0 spiro atoms. The molecule has 0 saturated carbocycles. The first kappa shape index (κ1) is 19.6. The molecule has 144 valence electrons. The van der Waals surface area contributed by atoms with Crippen LogP contribution < -0.4 is 16.0 Å². The van der Waals surface area contributed by atoms with Crippen LogP contribution in [0.25, 0.3) is 16.5 Å². The van der Waals surface area contributed by atoms with E-state index in [0.717, 1.165) is 16.5 Å². The van der Waals surface area contributed by atoms with Gasteiger partial charge in [-0.2, -0.15) is 0 Å². The Bertz CT molecular complexity index is 1160. The highest BCUT2D eigenvalue weighted by atomic mass is 35.5. The number of rotatable bonds is 5. The van der Waals surface area contributed by atoms with Crippen LogP contribution in [0.2, 0.25) is 5.02 Å². The molecular formula is C22H22ClN3O2. The second-order valence-corrected chi connectivity index (χ2v) is 6.89. The van der Waals surface area contributed by atoms with E-state index in [9.17, 15) is 4.79 Å². The van der Waals surface area contributed by atoms with Crippen molar-refractivity contribution >= 4 is 28.1 Å². The summed E-state index contributed by atoms with van der Waals surface area (Å²) < 4.78 is 7.57. The molecule has 0 aliphatic rings. The van der Waals surface area contributed by atoms with Gasteiger partial charge >= 0.3 is 0 Å². The third-order valence-electron chi connectivity index (χ3n) is 4.52. The molecule has 0 saturated heterocycles. The molecule has 3 N–H and O–H groups in total. The summed E-state index contributed by atoms with van der Waals surface area (Å²) >= 11 is 6.31. The number of nitrogens with two attached hydrogens (primary N) is 1. The normalized spacial score (nSPS) is 12.4. The summed E-state index contributed by atoms with van der Waals surface area (Å²) in [5.74, 6) is 0.913. The number of ether oxygens (including phenoxy) is 1. The summed E-state index contributed by atoms with van der Waals surface area (Å²) in [6, 6.07) is 7.38. The summed E-state index contributed by atoms with van der Waals surface area (Å²) in [6.45, 7) is 7.87. The topological polar surface area (TPSA) is 73.0 Å². The van der Waals surface area contributed by atoms with Crippen molar-refractivity contribution in [3.63, 3.8) is 0 Å². The highest BCUT2D eigenvalue weighted by Crippen LogP contribution is 2.34. The maximum absolute atomic E-state index is 12.4.